The molecule has 1 aromatic carbocycles. The van der Waals surface area contributed by atoms with Crippen molar-refractivity contribution < 1.29 is 4.74 Å². The van der Waals surface area contributed by atoms with E-state index in [0.29, 0.717) is 19.0 Å². The Bertz CT molecular complexity index is 592. The molecular formula is C15H20N4OS. The van der Waals surface area contributed by atoms with Gasteiger partial charge in [-0.2, -0.15) is 0 Å². The maximum atomic E-state index is 5.38. The van der Waals surface area contributed by atoms with Crippen molar-refractivity contribution in [2.75, 3.05) is 30.5 Å². The molecule has 0 radical (unpaired) electrons. The van der Waals surface area contributed by atoms with Gasteiger partial charge in [0, 0.05) is 30.3 Å². The number of ether oxygens (including phenoxy) is 1. The molecule has 0 fully saturated rings. The summed E-state index contributed by atoms with van der Waals surface area (Å²) in [6.07, 6.45) is 2.06. The first-order valence-electron chi connectivity index (χ1n) is 6.79. The predicted molar refractivity (Wildman–Crippen MR) is 88.4 cm³/mol. The summed E-state index contributed by atoms with van der Waals surface area (Å²) in [4.78, 5) is 10.1. The molecule has 0 spiro atoms. The summed E-state index contributed by atoms with van der Waals surface area (Å²) < 4.78 is 5.38. The summed E-state index contributed by atoms with van der Waals surface area (Å²) in [5, 5.41) is 6.35. The SMILES string of the molecule is CCOCc1nc(NC)cc(Nc2cccc(SC)c2)n1. The maximum absolute atomic E-state index is 5.38. The lowest BCUT2D eigenvalue weighted by atomic mass is 10.3. The Kier molecular flexibility index (Phi) is 5.83. The van der Waals surface area contributed by atoms with Crippen molar-refractivity contribution >= 4 is 29.1 Å². The Hall–Kier alpha value is -1.79. The number of rotatable bonds is 7. The molecule has 6 heteroatoms. The second-order valence-electron chi connectivity index (χ2n) is 4.30. The first-order valence-corrected chi connectivity index (χ1v) is 8.02. The first kappa shape index (κ1) is 15.6. The van der Waals surface area contributed by atoms with Gasteiger partial charge in [0.2, 0.25) is 0 Å². The van der Waals surface area contributed by atoms with Crippen molar-refractivity contribution in [1.82, 2.24) is 9.97 Å². The van der Waals surface area contributed by atoms with E-state index < -0.39 is 0 Å². The third-order valence-corrected chi connectivity index (χ3v) is 3.53. The summed E-state index contributed by atoms with van der Waals surface area (Å²) in [6.45, 7) is 3.01. The fourth-order valence-corrected chi connectivity index (χ4v) is 2.26. The van der Waals surface area contributed by atoms with E-state index in [1.165, 1.54) is 4.90 Å². The topological polar surface area (TPSA) is 59.1 Å². The second kappa shape index (κ2) is 7.85. The zero-order chi connectivity index (χ0) is 15.1. The Balaban J connectivity index is 2.21. The summed E-state index contributed by atoms with van der Waals surface area (Å²) in [7, 11) is 1.84. The predicted octanol–water partition coefficient (Wildman–Crippen LogP) is 3.52. The van der Waals surface area contributed by atoms with Gasteiger partial charge in [0.1, 0.15) is 18.2 Å². The maximum Gasteiger partial charge on any atom is 0.158 e. The molecule has 0 atom stereocenters. The molecule has 2 N–H and O–H groups in total. The van der Waals surface area contributed by atoms with E-state index in [-0.39, 0.29) is 0 Å². The Morgan fingerprint density at radius 1 is 1.19 bits per heavy atom. The van der Waals surface area contributed by atoms with E-state index in [1.807, 2.05) is 32.2 Å². The summed E-state index contributed by atoms with van der Waals surface area (Å²) in [5.41, 5.74) is 1.00. The van der Waals surface area contributed by atoms with Crippen LogP contribution in [0.5, 0.6) is 0 Å². The minimum absolute atomic E-state index is 0.408. The summed E-state index contributed by atoms with van der Waals surface area (Å²) >= 11 is 1.71. The van der Waals surface area contributed by atoms with Crippen LogP contribution in [-0.2, 0) is 11.3 Å². The molecule has 1 heterocycles. The number of hydrogen-bond acceptors (Lipinski definition) is 6. The van der Waals surface area contributed by atoms with Crippen LogP contribution < -0.4 is 10.6 Å². The lowest BCUT2D eigenvalue weighted by Crippen LogP contribution is -2.05. The standard InChI is InChI=1S/C15H20N4OS/c1-4-20-10-15-18-13(16-2)9-14(19-15)17-11-6-5-7-12(8-11)21-3/h5-9H,4,10H2,1-3H3,(H2,16,17,18,19). The molecule has 0 saturated carbocycles. The highest BCUT2D eigenvalue weighted by molar-refractivity contribution is 7.98. The number of hydrogen-bond donors (Lipinski definition) is 2. The summed E-state index contributed by atoms with van der Waals surface area (Å²) in [6, 6.07) is 10.1. The van der Waals surface area contributed by atoms with Gasteiger partial charge in [-0.25, -0.2) is 9.97 Å². The fourth-order valence-electron chi connectivity index (χ4n) is 1.80. The molecule has 2 aromatic rings. The lowest BCUT2D eigenvalue weighted by molar-refractivity contribution is 0.128. The lowest BCUT2D eigenvalue weighted by Gasteiger charge is -2.10. The van der Waals surface area contributed by atoms with Crippen LogP contribution in [0.3, 0.4) is 0 Å². The minimum Gasteiger partial charge on any atom is -0.374 e. The van der Waals surface area contributed by atoms with Gasteiger partial charge in [-0.05, 0) is 31.4 Å². The first-order chi connectivity index (χ1) is 10.2. The van der Waals surface area contributed by atoms with Crippen LogP contribution in [0.4, 0.5) is 17.3 Å². The van der Waals surface area contributed by atoms with Gasteiger partial charge in [0.05, 0.1) is 0 Å². The number of nitrogens with zero attached hydrogens (tertiary/aromatic N) is 2. The third-order valence-electron chi connectivity index (χ3n) is 2.81. The number of nitrogens with one attached hydrogen (secondary N) is 2. The largest absolute Gasteiger partial charge is 0.374 e. The van der Waals surface area contributed by atoms with Gasteiger partial charge >= 0.3 is 0 Å². The monoisotopic (exact) mass is 304 g/mol. The second-order valence-corrected chi connectivity index (χ2v) is 5.18. The molecule has 0 aliphatic rings. The van der Waals surface area contributed by atoms with Gasteiger partial charge in [-0.3, -0.25) is 0 Å². The van der Waals surface area contributed by atoms with Crippen molar-refractivity contribution in [3.05, 3.63) is 36.2 Å². The van der Waals surface area contributed by atoms with Gasteiger partial charge in [-0.1, -0.05) is 6.07 Å². The average Bonchev–Trinajstić information content (AvgIpc) is 2.52. The highest BCUT2D eigenvalue weighted by Gasteiger charge is 2.05. The van der Waals surface area contributed by atoms with E-state index in [0.717, 1.165) is 17.3 Å². The van der Waals surface area contributed by atoms with Gasteiger partial charge < -0.3 is 15.4 Å². The number of benzene rings is 1. The van der Waals surface area contributed by atoms with Crippen molar-refractivity contribution in [1.29, 1.82) is 0 Å². The van der Waals surface area contributed by atoms with E-state index in [1.54, 1.807) is 11.8 Å². The van der Waals surface area contributed by atoms with E-state index in [4.69, 9.17) is 4.74 Å². The number of thioether (sulfide) groups is 1. The zero-order valence-corrected chi connectivity index (χ0v) is 13.3. The molecule has 0 saturated heterocycles. The van der Waals surface area contributed by atoms with Crippen LogP contribution in [0.2, 0.25) is 0 Å². The smallest absolute Gasteiger partial charge is 0.158 e. The van der Waals surface area contributed by atoms with Crippen molar-refractivity contribution in [3.63, 3.8) is 0 Å². The van der Waals surface area contributed by atoms with Gasteiger partial charge in [-0.15, -0.1) is 11.8 Å². The highest BCUT2D eigenvalue weighted by atomic mass is 32.2. The molecule has 0 aliphatic carbocycles. The van der Waals surface area contributed by atoms with Crippen LogP contribution in [0, 0.1) is 0 Å². The van der Waals surface area contributed by atoms with Gasteiger partial charge in [0.25, 0.3) is 0 Å². The molecule has 112 valence electrons. The van der Waals surface area contributed by atoms with E-state index in [2.05, 4.69) is 39.0 Å². The molecule has 0 unspecified atom stereocenters. The molecule has 0 amide bonds. The quantitative estimate of drug-likeness (QED) is 0.763. The van der Waals surface area contributed by atoms with Crippen LogP contribution >= 0.6 is 11.8 Å². The molecule has 0 aliphatic heterocycles. The number of aromatic nitrogens is 2. The number of anilines is 3. The molecule has 5 nitrogen and oxygen atoms in total. The van der Waals surface area contributed by atoms with Crippen molar-refractivity contribution in [2.24, 2.45) is 0 Å². The Labute approximate surface area is 129 Å². The van der Waals surface area contributed by atoms with E-state index >= 15 is 0 Å². The van der Waals surface area contributed by atoms with Gasteiger partial charge in [0.15, 0.2) is 5.82 Å². The third kappa shape index (κ3) is 4.61. The fraction of sp³-hybridized carbons (Fsp3) is 0.333. The van der Waals surface area contributed by atoms with Crippen molar-refractivity contribution in [3.8, 4) is 0 Å². The van der Waals surface area contributed by atoms with Crippen LogP contribution in [-0.4, -0.2) is 29.9 Å². The summed E-state index contributed by atoms with van der Waals surface area (Å²) in [5.74, 6) is 2.18. The zero-order valence-electron chi connectivity index (χ0n) is 12.5. The Morgan fingerprint density at radius 3 is 2.71 bits per heavy atom. The van der Waals surface area contributed by atoms with E-state index in [9.17, 15) is 0 Å². The molecule has 2 rings (SSSR count). The van der Waals surface area contributed by atoms with Crippen LogP contribution in [0.25, 0.3) is 0 Å². The van der Waals surface area contributed by atoms with Crippen molar-refractivity contribution in [2.45, 2.75) is 18.4 Å². The molecule has 21 heavy (non-hydrogen) atoms. The highest BCUT2D eigenvalue weighted by Crippen LogP contribution is 2.22. The molecular weight excluding hydrogens is 284 g/mol. The average molecular weight is 304 g/mol. The van der Waals surface area contributed by atoms with Crippen LogP contribution in [0.1, 0.15) is 12.7 Å². The normalized spacial score (nSPS) is 10.4. The molecule has 0 bridgehead atoms. The molecule has 1 aromatic heterocycles. The van der Waals surface area contributed by atoms with Crippen LogP contribution in [0.15, 0.2) is 35.2 Å². The minimum atomic E-state index is 0.408. The Morgan fingerprint density at radius 2 is 2.00 bits per heavy atom.